The number of ether oxygens (including phenoxy) is 1. The first kappa shape index (κ1) is 17.0. The molecule has 2 aromatic heterocycles. The zero-order valence-electron chi connectivity index (χ0n) is 13.4. The molecule has 0 radical (unpaired) electrons. The molecule has 6 nitrogen and oxygen atoms in total. The maximum Gasteiger partial charge on any atom is 0.310 e. The number of carbonyl (C=O) groups excluding carboxylic acids is 2. The number of thiophene rings is 1. The average molecular weight is 359 g/mol. The van der Waals surface area contributed by atoms with Gasteiger partial charge in [-0.15, -0.1) is 11.3 Å². The van der Waals surface area contributed by atoms with Gasteiger partial charge >= 0.3 is 5.97 Å². The van der Waals surface area contributed by atoms with Crippen LogP contribution in [0.5, 0.6) is 5.75 Å². The number of aromatic hydroxyl groups is 1. The SMILES string of the molecule is O=C(COC(=O)Cc1coc2cc(O)ccc12)NCCc1cccs1. The number of rotatable bonds is 7. The molecule has 7 heteroatoms. The van der Waals surface area contributed by atoms with Crippen molar-refractivity contribution >= 4 is 34.2 Å². The van der Waals surface area contributed by atoms with E-state index < -0.39 is 5.97 Å². The Morgan fingerprint density at radius 1 is 1.28 bits per heavy atom. The van der Waals surface area contributed by atoms with Gasteiger partial charge in [0, 0.05) is 28.4 Å². The topological polar surface area (TPSA) is 88.8 Å². The van der Waals surface area contributed by atoms with Crippen molar-refractivity contribution in [3.05, 3.63) is 52.4 Å². The highest BCUT2D eigenvalue weighted by atomic mass is 32.1. The van der Waals surface area contributed by atoms with Crippen molar-refractivity contribution in [3.63, 3.8) is 0 Å². The highest BCUT2D eigenvalue weighted by Crippen LogP contribution is 2.25. The smallest absolute Gasteiger partial charge is 0.310 e. The molecule has 1 aromatic carbocycles. The summed E-state index contributed by atoms with van der Waals surface area (Å²) in [5.41, 5.74) is 1.15. The van der Waals surface area contributed by atoms with Crippen molar-refractivity contribution < 1.29 is 23.8 Å². The van der Waals surface area contributed by atoms with E-state index in [9.17, 15) is 14.7 Å². The van der Waals surface area contributed by atoms with Gasteiger partial charge in [-0.3, -0.25) is 9.59 Å². The zero-order valence-corrected chi connectivity index (χ0v) is 14.2. The summed E-state index contributed by atoms with van der Waals surface area (Å²) in [7, 11) is 0. The van der Waals surface area contributed by atoms with E-state index >= 15 is 0 Å². The van der Waals surface area contributed by atoms with E-state index in [4.69, 9.17) is 9.15 Å². The highest BCUT2D eigenvalue weighted by molar-refractivity contribution is 7.09. The van der Waals surface area contributed by atoms with Gasteiger partial charge in [0.05, 0.1) is 12.7 Å². The third-order valence-electron chi connectivity index (χ3n) is 3.61. The van der Waals surface area contributed by atoms with Gasteiger partial charge in [0.2, 0.25) is 0 Å². The molecule has 0 atom stereocenters. The minimum atomic E-state index is -0.510. The monoisotopic (exact) mass is 359 g/mol. The van der Waals surface area contributed by atoms with E-state index in [0.717, 1.165) is 11.8 Å². The van der Waals surface area contributed by atoms with Crippen LogP contribution in [0, 0.1) is 0 Å². The fraction of sp³-hybridized carbons (Fsp3) is 0.222. The number of hydrogen-bond donors (Lipinski definition) is 2. The fourth-order valence-electron chi connectivity index (χ4n) is 2.39. The second-order valence-corrected chi connectivity index (χ2v) is 6.49. The first-order chi connectivity index (χ1) is 12.1. The van der Waals surface area contributed by atoms with Gasteiger partial charge in [-0.25, -0.2) is 0 Å². The normalized spacial score (nSPS) is 10.7. The molecule has 25 heavy (non-hydrogen) atoms. The molecule has 2 heterocycles. The van der Waals surface area contributed by atoms with E-state index in [1.165, 1.54) is 23.3 Å². The number of esters is 1. The average Bonchev–Trinajstić information content (AvgIpc) is 3.23. The van der Waals surface area contributed by atoms with Gasteiger partial charge in [-0.2, -0.15) is 0 Å². The molecular weight excluding hydrogens is 342 g/mol. The summed E-state index contributed by atoms with van der Waals surface area (Å²) in [6, 6.07) is 8.64. The minimum absolute atomic E-state index is 0.000249. The Hall–Kier alpha value is -2.80. The molecule has 3 rings (SSSR count). The van der Waals surface area contributed by atoms with E-state index in [0.29, 0.717) is 17.7 Å². The third kappa shape index (κ3) is 4.60. The van der Waals surface area contributed by atoms with Gasteiger partial charge in [0.15, 0.2) is 6.61 Å². The van der Waals surface area contributed by atoms with Crippen LogP contribution in [0.4, 0.5) is 0 Å². The molecule has 0 fully saturated rings. The quantitative estimate of drug-likeness (QED) is 0.633. The van der Waals surface area contributed by atoms with Crippen molar-refractivity contribution in [3.8, 4) is 5.75 Å². The van der Waals surface area contributed by atoms with E-state index in [2.05, 4.69) is 5.32 Å². The number of carbonyl (C=O) groups is 2. The van der Waals surface area contributed by atoms with Gasteiger partial charge in [-0.1, -0.05) is 6.07 Å². The van der Waals surface area contributed by atoms with Gasteiger partial charge < -0.3 is 19.6 Å². The molecule has 1 amide bonds. The second kappa shape index (κ2) is 7.85. The van der Waals surface area contributed by atoms with Crippen LogP contribution in [-0.2, 0) is 27.2 Å². The molecule has 0 unspecified atom stereocenters. The molecular formula is C18H17NO5S. The van der Waals surface area contributed by atoms with Crippen LogP contribution in [-0.4, -0.2) is 30.1 Å². The Bertz CT molecular complexity index is 869. The molecule has 0 saturated carbocycles. The summed E-state index contributed by atoms with van der Waals surface area (Å²) < 4.78 is 10.3. The lowest BCUT2D eigenvalue weighted by atomic mass is 10.1. The predicted octanol–water partition coefficient (Wildman–Crippen LogP) is 2.64. The maximum atomic E-state index is 11.9. The standard InChI is InChI=1S/C18H17NO5S/c20-13-3-4-15-12(10-23-16(15)9-13)8-18(22)24-11-17(21)19-6-5-14-2-1-7-25-14/h1-4,7,9-10,20H,5-6,8,11H2,(H,19,21). The third-order valence-corrected chi connectivity index (χ3v) is 4.55. The van der Waals surface area contributed by atoms with Gasteiger partial charge in [-0.05, 0) is 30.0 Å². The lowest BCUT2D eigenvalue weighted by molar-refractivity contribution is -0.147. The van der Waals surface area contributed by atoms with Crippen LogP contribution >= 0.6 is 11.3 Å². The lowest BCUT2D eigenvalue weighted by Gasteiger charge is -2.06. The maximum absolute atomic E-state index is 11.9. The van der Waals surface area contributed by atoms with E-state index in [1.807, 2.05) is 17.5 Å². The molecule has 0 saturated heterocycles. The largest absolute Gasteiger partial charge is 0.508 e. The van der Waals surface area contributed by atoms with Crippen LogP contribution in [0.15, 0.2) is 46.4 Å². The minimum Gasteiger partial charge on any atom is -0.508 e. The van der Waals surface area contributed by atoms with E-state index in [1.54, 1.807) is 17.4 Å². The summed E-state index contributed by atoms with van der Waals surface area (Å²) in [6.45, 7) is 0.201. The Kier molecular flexibility index (Phi) is 5.35. The molecule has 0 bridgehead atoms. The van der Waals surface area contributed by atoms with Crippen molar-refractivity contribution in [1.82, 2.24) is 5.32 Å². The summed E-state index contributed by atoms with van der Waals surface area (Å²) in [5, 5.41) is 14.8. The number of hydrogen-bond acceptors (Lipinski definition) is 6. The Balaban J connectivity index is 1.43. The highest BCUT2D eigenvalue weighted by Gasteiger charge is 2.13. The number of phenols is 1. The van der Waals surface area contributed by atoms with Crippen LogP contribution in [0.25, 0.3) is 11.0 Å². The van der Waals surface area contributed by atoms with Gasteiger partial charge in [0.25, 0.3) is 5.91 Å². The van der Waals surface area contributed by atoms with Crippen LogP contribution in [0.2, 0.25) is 0 Å². The summed E-state index contributed by atoms with van der Waals surface area (Å²) in [6.07, 6.45) is 2.21. The van der Waals surface area contributed by atoms with Crippen LogP contribution < -0.4 is 5.32 Å². The fourth-order valence-corrected chi connectivity index (χ4v) is 3.10. The first-order valence-electron chi connectivity index (χ1n) is 7.75. The van der Waals surface area contributed by atoms with Crippen LogP contribution in [0.1, 0.15) is 10.4 Å². The summed E-state index contributed by atoms with van der Waals surface area (Å²) >= 11 is 1.64. The van der Waals surface area contributed by atoms with Crippen molar-refractivity contribution in [2.75, 3.05) is 13.2 Å². The number of nitrogens with one attached hydrogen (secondary N) is 1. The molecule has 0 aliphatic rings. The summed E-state index contributed by atoms with van der Waals surface area (Å²) in [4.78, 5) is 24.8. The number of fused-ring (bicyclic) bond motifs is 1. The number of benzene rings is 1. The number of phenolic OH excluding ortho intramolecular Hbond substituents is 1. The summed E-state index contributed by atoms with van der Waals surface area (Å²) in [5.74, 6) is -0.744. The van der Waals surface area contributed by atoms with Crippen molar-refractivity contribution in [1.29, 1.82) is 0 Å². The Morgan fingerprint density at radius 3 is 2.96 bits per heavy atom. The van der Waals surface area contributed by atoms with Crippen LogP contribution in [0.3, 0.4) is 0 Å². The number of amides is 1. The van der Waals surface area contributed by atoms with Gasteiger partial charge in [0.1, 0.15) is 11.3 Å². The number of furan rings is 1. The Labute approximate surface area is 148 Å². The van der Waals surface area contributed by atoms with E-state index in [-0.39, 0.29) is 24.7 Å². The molecule has 3 aromatic rings. The first-order valence-corrected chi connectivity index (χ1v) is 8.63. The molecule has 130 valence electrons. The molecule has 0 spiro atoms. The second-order valence-electron chi connectivity index (χ2n) is 5.46. The van der Waals surface area contributed by atoms with Crippen molar-refractivity contribution in [2.24, 2.45) is 0 Å². The van der Waals surface area contributed by atoms with Crippen molar-refractivity contribution in [2.45, 2.75) is 12.8 Å². The predicted molar refractivity (Wildman–Crippen MR) is 93.6 cm³/mol. The Morgan fingerprint density at radius 2 is 2.16 bits per heavy atom. The molecule has 2 N–H and O–H groups in total. The lowest BCUT2D eigenvalue weighted by Crippen LogP contribution is -2.30. The molecule has 0 aliphatic carbocycles. The zero-order chi connectivity index (χ0) is 17.6. The molecule has 0 aliphatic heterocycles.